The minimum atomic E-state index is -4.76. The fourth-order valence-electron chi connectivity index (χ4n) is 4.18. The number of likely N-dealkylation sites (tertiary alicyclic amines) is 1. The van der Waals surface area contributed by atoms with Crippen LogP contribution in [0.2, 0.25) is 5.02 Å². The van der Waals surface area contributed by atoms with Crippen LogP contribution in [0.5, 0.6) is 5.75 Å². The highest BCUT2D eigenvalue weighted by Crippen LogP contribution is 2.59. The van der Waals surface area contributed by atoms with Gasteiger partial charge < -0.3 is 15.0 Å². The highest BCUT2D eigenvalue weighted by Gasteiger charge is 2.70. The molecule has 14 heteroatoms. The number of rotatable bonds is 7. The van der Waals surface area contributed by atoms with Gasteiger partial charge in [0.25, 0.3) is 0 Å². The molecule has 1 aromatic carbocycles. The van der Waals surface area contributed by atoms with E-state index in [0.717, 1.165) is 23.6 Å². The lowest BCUT2D eigenvalue weighted by molar-refractivity contribution is -0.199. The van der Waals surface area contributed by atoms with Crippen LogP contribution in [0.25, 0.3) is 0 Å². The number of nitrogens with zero attached hydrogens (tertiary/aromatic N) is 2. The molecule has 3 aliphatic rings. The van der Waals surface area contributed by atoms with Crippen LogP contribution < -0.4 is 10.1 Å². The Morgan fingerprint density at radius 3 is 2.35 bits per heavy atom. The number of benzene rings is 1. The highest BCUT2D eigenvalue weighted by molar-refractivity contribution is 8.00. The number of alkyl halides is 6. The van der Waals surface area contributed by atoms with Crippen molar-refractivity contribution in [1.82, 2.24) is 10.2 Å². The molecule has 0 spiro atoms. The summed E-state index contributed by atoms with van der Waals surface area (Å²) in [4.78, 5) is 27.4. The van der Waals surface area contributed by atoms with Gasteiger partial charge in [-0.25, -0.2) is 0 Å². The normalized spacial score (nSPS) is 24.7. The van der Waals surface area contributed by atoms with Crippen molar-refractivity contribution in [2.45, 2.75) is 79.2 Å². The second-order valence-electron chi connectivity index (χ2n) is 9.61. The van der Waals surface area contributed by atoms with E-state index in [2.05, 4.69) is 5.32 Å². The summed E-state index contributed by atoms with van der Waals surface area (Å²) < 4.78 is 84.2. The molecule has 0 radical (unpaired) electrons. The van der Waals surface area contributed by atoms with E-state index in [4.69, 9.17) is 16.3 Å². The minimum absolute atomic E-state index is 0.0113. The van der Waals surface area contributed by atoms with Crippen molar-refractivity contribution in [2.24, 2.45) is 5.41 Å². The molecule has 0 bridgehead atoms. The first-order valence-electron chi connectivity index (χ1n) is 11.4. The maximum Gasteiger partial charge on any atom is 0.425 e. The van der Waals surface area contributed by atoms with E-state index < -0.39 is 52.5 Å². The van der Waals surface area contributed by atoms with E-state index in [1.165, 1.54) is 18.2 Å². The number of hydrogen-bond donors (Lipinski definition) is 1. The first kappa shape index (κ1) is 27.7. The Labute approximate surface area is 217 Å². The van der Waals surface area contributed by atoms with Gasteiger partial charge >= 0.3 is 12.4 Å². The Balaban J connectivity index is 1.51. The second kappa shape index (κ2) is 9.45. The van der Waals surface area contributed by atoms with Crippen LogP contribution in [0, 0.1) is 16.7 Å². The first-order valence-corrected chi connectivity index (χ1v) is 12.7. The minimum Gasteiger partial charge on any atom is -0.481 e. The standard InChI is InChI=1S/C23H22ClF6N3O3S/c1-12(22(25,26)27)36-13-2-3-17(15(24)8-13)37-14-9-16(18(34)32-20(11-31)4-5-20)33(10-14)19(35)21(6-7-21)23(28,29)30/h2-3,8,12,14,16H,4-7,9-10H2,1H3,(H,32,34)/t12-,14+,16-/m0/s1. The lowest BCUT2D eigenvalue weighted by atomic mass is 10.0. The molecule has 2 aliphatic carbocycles. The van der Waals surface area contributed by atoms with Gasteiger partial charge in [-0.1, -0.05) is 11.6 Å². The van der Waals surface area contributed by atoms with Crippen LogP contribution in [-0.4, -0.2) is 58.5 Å². The van der Waals surface area contributed by atoms with Crippen molar-refractivity contribution >= 4 is 35.2 Å². The van der Waals surface area contributed by atoms with Crippen molar-refractivity contribution < 1.29 is 40.7 Å². The molecule has 2 saturated carbocycles. The molecule has 3 fully saturated rings. The summed E-state index contributed by atoms with van der Waals surface area (Å²) in [7, 11) is 0. The van der Waals surface area contributed by atoms with E-state index in [1.54, 1.807) is 0 Å². The van der Waals surface area contributed by atoms with Crippen molar-refractivity contribution in [3.8, 4) is 11.8 Å². The summed E-state index contributed by atoms with van der Waals surface area (Å²) in [5.41, 5.74) is -3.57. The van der Waals surface area contributed by atoms with E-state index in [-0.39, 0.29) is 36.6 Å². The number of amides is 2. The molecule has 3 atom stereocenters. The molecule has 202 valence electrons. The Morgan fingerprint density at radius 2 is 1.86 bits per heavy atom. The summed E-state index contributed by atoms with van der Waals surface area (Å²) in [6.07, 6.45) is -11.3. The van der Waals surface area contributed by atoms with Gasteiger partial charge in [-0.15, -0.1) is 11.8 Å². The SMILES string of the molecule is C[C@H](Oc1ccc(S[C@@H]2C[C@@H](C(=O)NC3(C#N)CC3)N(C(=O)C3(C(F)(F)F)CC3)C2)c(Cl)c1)C(F)(F)F. The van der Waals surface area contributed by atoms with Gasteiger partial charge in [0.1, 0.15) is 22.7 Å². The molecule has 37 heavy (non-hydrogen) atoms. The van der Waals surface area contributed by atoms with Crippen LogP contribution in [-0.2, 0) is 9.59 Å². The third-order valence-corrected chi connectivity index (χ3v) is 8.54. The van der Waals surface area contributed by atoms with Crippen LogP contribution in [0.3, 0.4) is 0 Å². The summed E-state index contributed by atoms with van der Waals surface area (Å²) in [6.45, 7) is 0.677. The Bertz CT molecular complexity index is 1130. The Hall–Kier alpha value is -2.33. The molecule has 4 rings (SSSR count). The van der Waals surface area contributed by atoms with E-state index in [1.807, 2.05) is 6.07 Å². The fraction of sp³-hybridized carbons (Fsp3) is 0.609. The first-order chi connectivity index (χ1) is 17.1. The molecule has 0 unspecified atom stereocenters. The topological polar surface area (TPSA) is 82.4 Å². The van der Waals surface area contributed by atoms with Crippen molar-refractivity contribution in [3.63, 3.8) is 0 Å². The van der Waals surface area contributed by atoms with Gasteiger partial charge in [0, 0.05) is 16.7 Å². The van der Waals surface area contributed by atoms with Crippen LogP contribution in [0.4, 0.5) is 26.3 Å². The molecule has 6 nitrogen and oxygen atoms in total. The highest BCUT2D eigenvalue weighted by atomic mass is 35.5. The molecule has 1 N–H and O–H groups in total. The largest absolute Gasteiger partial charge is 0.481 e. The zero-order valence-electron chi connectivity index (χ0n) is 19.4. The lowest BCUT2D eigenvalue weighted by Crippen LogP contribution is -2.53. The van der Waals surface area contributed by atoms with Gasteiger partial charge in [0.2, 0.25) is 11.8 Å². The van der Waals surface area contributed by atoms with Gasteiger partial charge in [0.15, 0.2) is 6.10 Å². The maximum absolute atomic E-state index is 13.7. The van der Waals surface area contributed by atoms with Gasteiger partial charge in [-0.05, 0) is 57.2 Å². The molecule has 2 amide bonds. The van der Waals surface area contributed by atoms with Gasteiger partial charge in [-0.2, -0.15) is 31.6 Å². The Morgan fingerprint density at radius 1 is 1.22 bits per heavy atom. The summed E-state index contributed by atoms with van der Waals surface area (Å²) in [5.74, 6) is -1.97. The van der Waals surface area contributed by atoms with E-state index in [9.17, 15) is 41.2 Å². The summed E-state index contributed by atoms with van der Waals surface area (Å²) >= 11 is 7.33. The lowest BCUT2D eigenvalue weighted by Gasteiger charge is -2.29. The number of carbonyl (C=O) groups is 2. The predicted octanol–water partition coefficient (Wildman–Crippen LogP) is 5.25. The molecule has 1 aromatic rings. The van der Waals surface area contributed by atoms with Crippen LogP contribution in [0.15, 0.2) is 23.1 Å². The number of thioether (sulfide) groups is 1. The van der Waals surface area contributed by atoms with Gasteiger partial charge in [0.05, 0.1) is 11.1 Å². The fourth-order valence-corrected chi connectivity index (χ4v) is 5.68. The molecule has 0 aromatic heterocycles. The number of nitriles is 1. The van der Waals surface area contributed by atoms with Crippen LogP contribution >= 0.6 is 23.4 Å². The predicted molar refractivity (Wildman–Crippen MR) is 121 cm³/mol. The number of hydrogen-bond acceptors (Lipinski definition) is 5. The average molecular weight is 570 g/mol. The number of nitrogens with one attached hydrogen (secondary N) is 1. The average Bonchev–Trinajstić information content (AvgIpc) is 3.71. The van der Waals surface area contributed by atoms with E-state index in [0.29, 0.717) is 17.7 Å². The van der Waals surface area contributed by atoms with Crippen molar-refractivity contribution in [1.29, 1.82) is 5.26 Å². The maximum atomic E-state index is 13.7. The zero-order chi connectivity index (χ0) is 27.4. The molecular formula is C23H22ClF6N3O3S. The smallest absolute Gasteiger partial charge is 0.425 e. The zero-order valence-corrected chi connectivity index (χ0v) is 21.0. The number of halogens is 7. The third-order valence-electron chi connectivity index (χ3n) is 6.83. The molecular weight excluding hydrogens is 548 g/mol. The second-order valence-corrected chi connectivity index (χ2v) is 11.4. The van der Waals surface area contributed by atoms with Crippen LogP contribution in [0.1, 0.15) is 39.0 Å². The number of carbonyl (C=O) groups excluding carboxylic acids is 2. The molecule has 1 heterocycles. The summed E-state index contributed by atoms with van der Waals surface area (Å²) in [6, 6.07) is 4.67. The molecule has 1 saturated heterocycles. The monoisotopic (exact) mass is 569 g/mol. The third kappa shape index (κ3) is 5.60. The van der Waals surface area contributed by atoms with Crippen molar-refractivity contribution in [3.05, 3.63) is 23.2 Å². The Kier molecular flexibility index (Phi) is 7.07. The van der Waals surface area contributed by atoms with Gasteiger partial charge in [-0.3, -0.25) is 9.59 Å². The summed E-state index contributed by atoms with van der Waals surface area (Å²) in [5, 5.41) is 11.4. The number of ether oxygens (including phenoxy) is 1. The van der Waals surface area contributed by atoms with E-state index >= 15 is 0 Å². The van der Waals surface area contributed by atoms with Crippen molar-refractivity contribution in [2.75, 3.05) is 6.54 Å². The molecule has 1 aliphatic heterocycles. The quantitative estimate of drug-likeness (QED) is 0.454.